The van der Waals surface area contributed by atoms with Crippen LogP contribution in [-0.2, 0) is 0 Å². The van der Waals surface area contributed by atoms with Crippen LogP contribution >= 0.6 is 0 Å². The Kier molecular flexibility index (Phi) is 4.13. The van der Waals surface area contributed by atoms with Crippen molar-refractivity contribution in [1.29, 1.82) is 5.26 Å². The maximum Gasteiger partial charge on any atom is 0.256 e. The molecule has 0 spiro atoms. The second-order valence-corrected chi connectivity index (χ2v) is 4.93. The predicted octanol–water partition coefficient (Wildman–Crippen LogP) is 1.12. The zero-order valence-electron chi connectivity index (χ0n) is 11.3. The number of nitriles is 1. The highest BCUT2D eigenvalue weighted by atomic mass is 16.2. The molecule has 0 radical (unpaired) electrons. The van der Waals surface area contributed by atoms with Crippen molar-refractivity contribution in [3.8, 4) is 6.07 Å². The number of carbonyl (C=O) groups excluding carboxylic acids is 1. The van der Waals surface area contributed by atoms with Gasteiger partial charge in [0.2, 0.25) is 0 Å². The minimum absolute atomic E-state index is 0.0898. The standard InChI is InChI=1S/C14H18N4O/c1-11(2)17-6-8-18(9-7-17)14(19)12-4-3-5-16-13(12)10-15/h3-5,11H,6-9H2,1-2H3. The number of amides is 1. The second-order valence-electron chi connectivity index (χ2n) is 4.93. The van der Waals surface area contributed by atoms with Crippen molar-refractivity contribution >= 4 is 5.91 Å². The number of aromatic nitrogens is 1. The summed E-state index contributed by atoms with van der Waals surface area (Å²) in [5, 5.41) is 8.99. The van der Waals surface area contributed by atoms with Crippen molar-refractivity contribution in [3.05, 3.63) is 29.6 Å². The van der Waals surface area contributed by atoms with Crippen molar-refractivity contribution in [2.24, 2.45) is 0 Å². The van der Waals surface area contributed by atoms with Gasteiger partial charge in [-0.25, -0.2) is 4.98 Å². The van der Waals surface area contributed by atoms with Crippen LogP contribution in [0.15, 0.2) is 18.3 Å². The Bertz CT molecular complexity index is 498. The van der Waals surface area contributed by atoms with Gasteiger partial charge < -0.3 is 4.90 Å². The molecule has 1 aliphatic rings. The Labute approximate surface area is 113 Å². The number of nitrogens with zero attached hydrogens (tertiary/aromatic N) is 4. The maximum absolute atomic E-state index is 12.4. The number of rotatable bonds is 2. The smallest absolute Gasteiger partial charge is 0.256 e. The Morgan fingerprint density at radius 2 is 2.05 bits per heavy atom. The minimum atomic E-state index is -0.0898. The molecule has 1 aromatic rings. The van der Waals surface area contributed by atoms with Gasteiger partial charge in [0.1, 0.15) is 6.07 Å². The Balaban J connectivity index is 2.08. The zero-order chi connectivity index (χ0) is 13.8. The number of piperazine rings is 1. The number of hydrogen-bond acceptors (Lipinski definition) is 4. The third-order valence-corrected chi connectivity index (χ3v) is 3.48. The average molecular weight is 258 g/mol. The maximum atomic E-state index is 12.4. The van der Waals surface area contributed by atoms with Crippen LogP contribution in [0.25, 0.3) is 0 Å². The molecule has 0 N–H and O–H groups in total. The average Bonchev–Trinajstić information content (AvgIpc) is 2.46. The van der Waals surface area contributed by atoms with E-state index in [4.69, 9.17) is 5.26 Å². The first-order chi connectivity index (χ1) is 9.13. The van der Waals surface area contributed by atoms with Crippen molar-refractivity contribution in [2.75, 3.05) is 26.2 Å². The highest BCUT2D eigenvalue weighted by molar-refractivity contribution is 5.96. The Morgan fingerprint density at radius 1 is 1.37 bits per heavy atom. The molecule has 1 aromatic heterocycles. The van der Waals surface area contributed by atoms with E-state index >= 15 is 0 Å². The fraction of sp³-hybridized carbons (Fsp3) is 0.500. The molecule has 2 heterocycles. The van der Waals surface area contributed by atoms with E-state index in [2.05, 4.69) is 23.7 Å². The molecule has 19 heavy (non-hydrogen) atoms. The molecule has 2 rings (SSSR count). The molecule has 1 amide bonds. The third kappa shape index (κ3) is 2.91. The van der Waals surface area contributed by atoms with Crippen LogP contribution in [-0.4, -0.2) is 52.9 Å². The van der Waals surface area contributed by atoms with Crippen LogP contribution in [0.1, 0.15) is 29.9 Å². The fourth-order valence-corrected chi connectivity index (χ4v) is 2.28. The molecule has 1 fully saturated rings. The lowest BCUT2D eigenvalue weighted by Gasteiger charge is -2.36. The normalized spacial score (nSPS) is 16.4. The lowest BCUT2D eigenvalue weighted by Crippen LogP contribution is -2.50. The summed E-state index contributed by atoms with van der Waals surface area (Å²) in [5.74, 6) is -0.0898. The van der Waals surface area contributed by atoms with Crippen LogP contribution in [0, 0.1) is 11.3 Å². The summed E-state index contributed by atoms with van der Waals surface area (Å²) in [4.78, 5) is 20.5. The summed E-state index contributed by atoms with van der Waals surface area (Å²) < 4.78 is 0. The molecule has 0 aromatic carbocycles. The topological polar surface area (TPSA) is 60.2 Å². The van der Waals surface area contributed by atoms with Gasteiger partial charge in [-0.1, -0.05) is 0 Å². The summed E-state index contributed by atoms with van der Waals surface area (Å²) in [6.07, 6.45) is 1.53. The number of hydrogen-bond donors (Lipinski definition) is 0. The summed E-state index contributed by atoms with van der Waals surface area (Å²) in [6.45, 7) is 7.49. The molecule has 5 heteroatoms. The molecule has 0 unspecified atom stereocenters. The first-order valence-corrected chi connectivity index (χ1v) is 6.52. The summed E-state index contributed by atoms with van der Waals surface area (Å²) in [5.41, 5.74) is 0.613. The van der Waals surface area contributed by atoms with Crippen LogP contribution in [0.2, 0.25) is 0 Å². The monoisotopic (exact) mass is 258 g/mol. The lowest BCUT2D eigenvalue weighted by atomic mass is 10.1. The van der Waals surface area contributed by atoms with E-state index in [1.165, 1.54) is 6.20 Å². The fourth-order valence-electron chi connectivity index (χ4n) is 2.28. The van der Waals surface area contributed by atoms with E-state index in [0.717, 1.165) is 13.1 Å². The quantitative estimate of drug-likeness (QED) is 0.797. The van der Waals surface area contributed by atoms with Gasteiger partial charge in [-0.15, -0.1) is 0 Å². The molecule has 1 saturated heterocycles. The SMILES string of the molecule is CC(C)N1CCN(C(=O)c2cccnc2C#N)CC1. The predicted molar refractivity (Wildman–Crippen MR) is 71.6 cm³/mol. The van der Waals surface area contributed by atoms with Gasteiger partial charge in [0, 0.05) is 38.4 Å². The first-order valence-electron chi connectivity index (χ1n) is 6.52. The Hall–Kier alpha value is -1.93. The third-order valence-electron chi connectivity index (χ3n) is 3.48. The molecule has 0 aliphatic carbocycles. The van der Waals surface area contributed by atoms with E-state index in [0.29, 0.717) is 24.7 Å². The first kappa shape index (κ1) is 13.5. The van der Waals surface area contributed by atoms with Crippen molar-refractivity contribution < 1.29 is 4.79 Å². The molecule has 0 saturated carbocycles. The number of pyridine rings is 1. The van der Waals surface area contributed by atoms with Crippen molar-refractivity contribution in [1.82, 2.24) is 14.8 Å². The van der Waals surface area contributed by atoms with Gasteiger partial charge in [-0.05, 0) is 26.0 Å². The zero-order valence-corrected chi connectivity index (χ0v) is 11.3. The van der Waals surface area contributed by atoms with Gasteiger partial charge in [-0.2, -0.15) is 5.26 Å². The van der Waals surface area contributed by atoms with Gasteiger partial charge in [0.15, 0.2) is 5.69 Å². The van der Waals surface area contributed by atoms with Crippen LogP contribution in [0.5, 0.6) is 0 Å². The second kappa shape index (κ2) is 5.81. The molecule has 0 atom stereocenters. The summed E-state index contributed by atoms with van der Waals surface area (Å²) in [7, 11) is 0. The van der Waals surface area contributed by atoms with E-state index < -0.39 is 0 Å². The lowest BCUT2D eigenvalue weighted by molar-refractivity contribution is 0.0595. The van der Waals surface area contributed by atoms with Gasteiger partial charge >= 0.3 is 0 Å². The summed E-state index contributed by atoms with van der Waals surface area (Å²) in [6, 6.07) is 5.84. The summed E-state index contributed by atoms with van der Waals surface area (Å²) >= 11 is 0. The molecule has 100 valence electrons. The largest absolute Gasteiger partial charge is 0.336 e. The van der Waals surface area contributed by atoms with Crippen LogP contribution in [0.3, 0.4) is 0 Å². The van der Waals surface area contributed by atoms with E-state index in [1.54, 1.807) is 17.0 Å². The van der Waals surface area contributed by atoms with Crippen LogP contribution < -0.4 is 0 Å². The van der Waals surface area contributed by atoms with Gasteiger partial charge in [-0.3, -0.25) is 9.69 Å². The molecular weight excluding hydrogens is 240 g/mol. The number of carbonyl (C=O) groups is 1. The molecule has 5 nitrogen and oxygen atoms in total. The van der Waals surface area contributed by atoms with Gasteiger partial charge in [0.25, 0.3) is 5.91 Å². The Morgan fingerprint density at radius 3 is 2.63 bits per heavy atom. The van der Waals surface area contributed by atoms with Gasteiger partial charge in [0.05, 0.1) is 5.56 Å². The molecular formula is C14H18N4O. The minimum Gasteiger partial charge on any atom is -0.336 e. The molecule has 1 aliphatic heterocycles. The highest BCUT2D eigenvalue weighted by Crippen LogP contribution is 2.12. The van der Waals surface area contributed by atoms with Crippen molar-refractivity contribution in [3.63, 3.8) is 0 Å². The van der Waals surface area contributed by atoms with E-state index in [1.807, 2.05) is 6.07 Å². The van der Waals surface area contributed by atoms with Crippen LogP contribution in [0.4, 0.5) is 0 Å². The highest BCUT2D eigenvalue weighted by Gasteiger charge is 2.24. The van der Waals surface area contributed by atoms with E-state index in [-0.39, 0.29) is 11.6 Å². The molecule has 0 bridgehead atoms. The van der Waals surface area contributed by atoms with E-state index in [9.17, 15) is 4.79 Å². The van der Waals surface area contributed by atoms with Crippen molar-refractivity contribution in [2.45, 2.75) is 19.9 Å².